The molecule has 6 heteroatoms. The Morgan fingerprint density at radius 1 is 1.52 bits per heavy atom. The monoisotopic (exact) mass is 292 g/mol. The average Bonchev–Trinajstić information content (AvgIpc) is 2.85. The zero-order valence-electron chi connectivity index (χ0n) is 12.6. The van der Waals surface area contributed by atoms with Gasteiger partial charge in [-0.25, -0.2) is 4.79 Å². The summed E-state index contributed by atoms with van der Waals surface area (Å²) in [5.74, 6) is 0.674. The largest absolute Gasteiger partial charge is 0.467 e. The molecule has 6 nitrogen and oxygen atoms in total. The summed E-state index contributed by atoms with van der Waals surface area (Å²) < 4.78 is 10.8. The Hall–Kier alpha value is -2.24. The van der Waals surface area contributed by atoms with Crippen molar-refractivity contribution in [1.29, 1.82) is 0 Å². The van der Waals surface area contributed by atoms with E-state index in [1.54, 1.807) is 12.3 Å². The van der Waals surface area contributed by atoms with E-state index in [-0.39, 0.29) is 0 Å². The molecule has 0 radical (unpaired) electrons. The quantitative estimate of drug-likeness (QED) is 0.488. The lowest BCUT2D eigenvalue weighted by Crippen LogP contribution is -2.42. The molecule has 1 aromatic rings. The van der Waals surface area contributed by atoms with Gasteiger partial charge in [0.1, 0.15) is 23.7 Å². The van der Waals surface area contributed by atoms with Gasteiger partial charge >= 0.3 is 6.09 Å². The van der Waals surface area contributed by atoms with Gasteiger partial charge in [0.05, 0.1) is 19.4 Å². The summed E-state index contributed by atoms with van der Waals surface area (Å²) in [4.78, 5) is 18.8. The fourth-order valence-electron chi connectivity index (χ4n) is 1.92. The fraction of sp³-hybridized carbons (Fsp3) is 0.467. The van der Waals surface area contributed by atoms with Crippen molar-refractivity contribution in [3.8, 4) is 0 Å². The molecule has 0 aliphatic carbocycles. The maximum absolute atomic E-state index is 12.2. The minimum atomic E-state index is -0.544. The van der Waals surface area contributed by atoms with Crippen LogP contribution in [0.4, 0.5) is 4.79 Å². The van der Waals surface area contributed by atoms with Crippen LogP contribution in [0.25, 0.3) is 0 Å². The number of rotatable bonds is 3. The lowest BCUT2D eigenvalue weighted by Gasteiger charge is -2.29. The summed E-state index contributed by atoms with van der Waals surface area (Å²) >= 11 is 0. The topological polar surface area (TPSA) is 64.3 Å². The van der Waals surface area contributed by atoms with E-state index in [1.165, 1.54) is 4.90 Å². The summed E-state index contributed by atoms with van der Waals surface area (Å²) in [6, 6.07) is 1.82. The maximum Gasteiger partial charge on any atom is 0.411 e. The SMILES string of the molecule is C=CCON=C1CN(C(=O)OC(C)(C)C)Cc2occc21. The van der Waals surface area contributed by atoms with E-state index in [4.69, 9.17) is 14.0 Å². The van der Waals surface area contributed by atoms with Crippen molar-refractivity contribution < 1.29 is 18.8 Å². The van der Waals surface area contributed by atoms with E-state index in [0.29, 0.717) is 31.2 Å². The first-order chi connectivity index (χ1) is 9.90. The molecular formula is C15H20N2O4. The number of hydrogen-bond acceptors (Lipinski definition) is 5. The van der Waals surface area contributed by atoms with Crippen LogP contribution >= 0.6 is 0 Å². The third kappa shape index (κ3) is 3.87. The molecule has 2 rings (SSSR count). The van der Waals surface area contributed by atoms with Gasteiger partial charge in [-0.3, -0.25) is 4.90 Å². The molecule has 1 aliphatic heterocycles. The van der Waals surface area contributed by atoms with Crippen LogP contribution in [-0.2, 0) is 16.1 Å². The molecule has 0 unspecified atom stereocenters. The predicted molar refractivity (Wildman–Crippen MR) is 78.0 cm³/mol. The number of hydrogen-bond donors (Lipinski definition) is 0. The molecule has 0 spiro atoms. The van der Waals surface area contributed by atoms with Gasteiger partial charge in [-0.05, 0) is 26.8 Å². The van der Waals surface area contributed by atoms with Crippen LogP contribution < -0.4 is 0 Å². The summed E-state index contributed by atoms with van der Waals surface area (Å²) in [6.07, 6.45) is 2.78. The van der Waals surface area contributed by atoms with Gasteiger partial charge in [0.25, 0.3) is 0 Å². The lowest BCUT2D eigenvalue weighted by molar-refractivity contribution is 0.0245. The number of carbonyl (C=O) groups is 1. The van der Waals surface area contributed by atoms with E-state index in [9.17, 15) is 4.79 Å². The summed E-state index contributed by atoms with van der Waals surface area (Å²) in [7, 11) is 0. The van der Waals surface area contributed by atoms with Crippen molar-refractivity contribution in [2.24, 2.45) is 5.16 Å². The number of amides is 1. The first-order valence-corrected chi connectivity index (χ1v) is 6.75. The molecular weight excluding hydrogens is 272 g/mol. The molecule has 0 bridgehead atoms. The van der Waals surface area contributed by atoms with Crippen LogP contribution in [-0.4, -0.2) is 35.5 Å². The van der Waals surface area contributed by atoms with Crippen molar-refractivity contribution in [1.82, 2.24) is 4.90 Å². The molecule has 0 saturated carbocycles. The van der Waals surface area contributed by atoms with Crippen molar-refractivity contribution in [3.05, 3.63) is 36.3 Å². The second-order valence-electron chi connectivity index (χ2n) is 5.72. The van der Waals surface area contributed by atoms with Gasteiger partial charge in [0.2, 0.25) is 0 Å². The first kappa shape index (κ1) is 15.2. The Labute approximate surface area is 124 Å². The predicted octanol–water partition coefficient (Wildman–Crippen LogP) is 2.94. The molecule has 21 heavy (non-hydrogen) atoms. The molecule has 1 amide bonds. The van der Waals surface area contributed by atoms with E-state index in [2.05, 4.69) is 11.7 Å². The highest BCUT2D eigenvalue weighted by Gasteiger charge is 2.30. The van der Waals surface area contributed by atoms with E-state index >= 15 is 0 Å². The van der Waals surface area contributed by atoms with Gasteiger partial charge < -0.3 is 14.0 Å². The standard InChI is InChI=1S/C15H20N2O4/c1-5-7-20-16-12-9-17(14(18)21-15(2,3)4)10-13-11(12)6-8-19-13/h5-6,8H,1,7,9-10H2,2-4H3. The highest BCUT2D eigenvalue weighted by molar-refractivity contribution is 6.04. The molecule has 0 N–H and O–H groups in total. The number of nitrogens with zero attached hydrogens (tertiary/aromatic N) is 2. The molecule has 114 valence electrons. The van der Waals surface area contributed by atoms with Crippen LogP contribution in [0.1, 0.15) is 32.1 Å². The average molecular weight is 292 g/mol. The molecule has 1 aliphatic rings. The summed E-state index contributed by atoms with van der Waals surface area (Å²) in [5.41, 5.74) is 0.952. The molecule has 0 atom stereocenters. The fourth-order valence-corrected chi connectivity index (χ4v) is 1.92. The Bertz CT molecular complexity index is 554. The molecule has 1 aromatic heterocycles. The second-order valence-corrected chi connectivity index (χ2v) is 5.72. The van der Waals surface area contributed by atoms with Gasteiger partial charge in [0, 0.05) is 5.56 Å². The number of oxime groups is 1. The van der Waals surface area contributed by atoms with E-state index < -0.39 is 11.7 Å². The number of ether oxygens (including phenoxy) is 1. The normalized spacial score (nSPS) is 16.5. The van der Waals surface area contributed by atoms with Crippen molar-refractivity contribution in [2.75, 3.05) is 13.2 Å². The highest BCUT2D eigenvalue weighted by Crippen LogP contribution is 2.22. The Kier molecular flexibility index (Phi) is 4.35. The van der Waals surface area contributed by atoms with Gasteiger partial charge in [-0.15, -0.1) is 0 Å². The van der Waals surface area contributed by atoms with Crippen LogP contribution in [0.2, 0.25) is 0 Å². The van der Waals surface area contributed by atoms with Gasteiger partial charge in [-0.2, -0.15) is 0 Å². The Balaban J connectivity index is 2.16. The van der Waals surface area contributed by atoms with Crippen LogP contribution in [0.15, 0.2) is 34.6 Å². The Morgan fingerprint density at radius 3 is 2.95 bits per heavy atom. The van der Waals surface area contributed by atoms with Gasteiger partial charge in [0.15, 0.2) is 0 Å². The second kappa shape index (κ2) is 6.03. The number of furan rings is 1. The van der Waals surface area contributed by atoms with Crippen LogP contribution in [0.3, 0.4) is 0 Å². The number of fused-ring (bicyclic) bond motifs is 1. The third-order valence-electron chi connectivity index (χ3n) is 2.75. The zero-order chi connectivity index (χ0) is 15.5. The summed E-state index contributed by atoms with van der Waals surface area (Å²) in [5, 5.41) is 4.05. The van der Waals surface area contributed by atoms with Crippen LogP contribution in [0.5, 0.6) is 0 Å². The van der Waals surface area contributed by atoms with Crippen LogP contribution in [0, 0.1) is 0 Å². The molecule has 0 aromatic carbocycles. The Morgan fingerprint density at radius 2 is 2.29 bits per heavy atom. The third-order valence-corrected chi connectivity index (χ3v) is 2.75. The summed E-state index contributed by atoms with van der Waals surface area (Å²) in [6.45, 7) is 10.0. The minimum Gasteiger partial charge on any atom is -0.467 e. The minimum absolute atomic E-state index is 0.309. The van der Waals surface area contributed by atoms with Crippen molar-refractivity contribution >= 4 is 11.8 Å². The van der Waals surface area contributed by atoms with Gasteiger partial charge in [-0.1, -0.05) is 17.8 Å². The smallest absolute Gasteiger partial charge is 0.411 e. The highest BCUT2D eigenvalue weighted by atomic mass is 16.6. The molecule has 2 heterocycles. The maximum atomic E-state index is 12.2. The zero-order valence-corrected chi connectivity index (χ0v) is 12.6. The first-order valence-electron chi connectivity index (χ1n) is 6.75. The van der Waals surface area contributed by atoms with E-state index in [0.717, 1.165) is 5.56 Å². The molecule has 0 fully saturated rings. The molecule has 0 saturated heterocycles. The van der Waals surface area contributed by atoms with E-state index in [1.807, 2.05) is 26.8 Å². The lowest BCUT2D eigenvalue weighted by atomic mass is 10.1. The van der Waals surface area contributed by atoms with Crippen molar-refractivity contribution in [3.63, 3.8) is 0 Å². The number of carbonyl (C=O) groups excluding carboxylic acids is 1. The van der Waals surface area contributed by atoms with Crippen molar-refractivity contribution in [2.45, 2.75) is 32.9 Å².